The maximum absolute atomic E-state index is 11.2. The van der Waals surface area contributed by atoms with Crippen molar-refractivity contribution in [1.82, 2.24) is 0 Å². The first-order valence-electron chi connectivity index (χ1n) is 7.48. The molecule has 0 aliphatic carbocycles. The minimum absolute atomic E-state index is 0.276. The van der Waals surface area contributed by atoms with E-state index in [0.29, 0.717) is 12.8 Å². The third kappa shape index (κ3) is 8.62. The predicted octanol–water partition coefficient (Wildman–Crippen LogP) is 3.94. The molecule has 0 heterocycles. The monoisotopic (exact) mass is 272 g/mol. The SMILES string of the molecule is CCCCCC(C[C@H](CCCCC)C(=O)O)C(=O)O. The van der Waals surface area contributed by atoms with Gasteiger partial charge in [-0.05, 0) is 19.3 Å². The van der Waals surface area contributed by atoms with Gasteiger partial charge in [0.2, 0.25) is 0 Å². The maximum Gasteiger partial charge on any atom is 0.306 e. The molecule has 0 spiro atoms. The number of aliphatic carboxylic acids is 2. The van der Waals surface area contributed by atoms with Gasteiger partial charge in [0.25, 0.3) is 0 Å². The molecule has 0 aromatic carbocycles. The number of rotatable bonds is 12. The van der Waals surface area contributed by atoms with E-state index in [1.165, 1.54) is 0 Å². The van der Waals surface area contributed by atoms with E-state index in [1.54, 1.807) is 0 Å². The average molecular weight is 272 g/mol. The van der Waals surface area contributed by atoms with Crippen molar-refractivity contribution in [2.45, 2.75) is 71.6 Å². The smallest absolute Gasteiger partial charge is 0.306 e. The lowest BCUT2D eigenvalue weighted by Gasteiger charge is -2.17. The van der Waals surface area contributed by atoms with Crippen LogP contribution in [0.3, 0.4) is 0 Å². The fourth-order valence-electron chi connectivity index (χ4n) is 2.31. The van der Waals surface area contributed by atoms with Gasteiger partial charge >= 0.3 is 11.9 Å². The Hall–Kier alpha value is -1.06. The number of hydrogen-bond donors (Lipinski definition) is 2. The molecule has 19 heavy (non-hydrogen) atoms. The summed E-state index contributed by atoms with van der Waals surface area (Å²) in [5, 5.41) is 18.4. The van der Waals surface area contributed by atoms with E-state index in [-0.39, 0.29) is 6.42 Å². The number of carboxylic acid groups (broad SMARTS) is 2. The molecule has 0 bridgehead atoms. The van der Waals surface area contributed by atoms with Crippen LogP contribution >= 0.6 is 0 Å². The van der Waals surface area contributed by atoms with Crippen molar-refractivity contribution >= 4 is 11.9 Å². The lowest BCUT2D eigenvalue weighted by molar-refractivity contribution is -0.146. The van der Waals surface area contributed by atoms with Crippen LogP contribution in [0, 0.1) is 11.8 Å². The zero-order valence-electron chi connectivity index (χ0n) is 12.2. The second-order valence-corrected chi connectivity index (χ2v) is 5.30. The molecule has 0 saturated carbocycles. The summed E-state index contributed by atoms with van der Waals surface area (Å²) < 4.78 is 0. The summed E-state index contributed by atoms with van der Waals surface area (Å²) >= 11 is 0. The molecule has 0 rings (SSSR count). The van der Waals surface area contributed by atoms with Gasteiger partial charge in [0, 0.05) is 0 Å². The van der Waals surface area contributed by atoms with Gasteiger partial charge in [-0.2, -0.15) is 0 Å². The molecule has 4 nitrogen and oxygen atoms in total. The number of carbonyl (C=O) groups is 2. The Balaban J connectivity index is 4.31. The van der Waals surface area contributed by atoms with E-state index in [4.69, 9.17) is 0 Å². The van der Waals surface area contributed by atoms with Crippen LogP contribution in [-0.4, -0.2) is 22.2 Å². The molecule has 0 saturated heterocycles. The molecule has 0 fully saturated rings. The molecule has 0 aromatic rings. The van der Waals surface area contributed by atoms with E-state index in [2.05, 4.69) is 13.8 Å². The number of hydrogen-bond acceptors (Lipinski definition) is 2. The summed E-state index contributed by atoms with van der Waals surface area (Å²) in [7, 11) is 0. The Morgan fingerprint density at radius 1 is 0.789 bits per heavy atom. The molecule has 0 amide bonds. The first-order valence-corrected chi connectivity index (χ1v) is 7.48. The molecule has 112 valence electrons. The molecule has 2 N–H and O–H groups in total. The van der Waals surface area contributed by atoms with E-state index < -0.39 is 23.8 Å². The average Bonchev–Trinajstić information content (AvgIpc) is 2.35. The normalized spacial score (nSPS) is 14.0. The molecule has 0 radical (unpaired) electrons. The van der Waals surface area contributed by atoms with Crippen LogP contribution < -0.4 is 0 Å². The van der Waals surface area contributed by atoms with Gasteiger partial charge in [-0.1, -0.05) is 52.4 Å². The molecule has 2 atom stereocenters. The number of carboxylic acids is 2. The summed E-state index contributed by atoms with van der Waals surface area (Å²) in [5.74, 6) is -2.71. The van der Waals surface area contributed by atoms with Gasteiger partial charge in [-0.15, -0.1) is 0 Å². The van der Waals surface area contributed by atoms with Crippen LogP contribution in [0.2, 0.25) is 0 Å². The quantitative estimate of drug-likeness (QED) is 0.528. The van der Waals surface area contributed by atoms with Gasteiger partial charge < -0.3 is 10.2 Å². The second kappa shape index (κ2) is 10.8. The van der Waals surface area contributed by atoms with Crippen LogP contribution in [-0.2, 0) is 9.59 Å². The van der Waals surface area contributed by atoms with Crippen molar-refractivity contribution in [3.05, 3.63) is 0 Å². The van der Waals surface area contributed by atoms with Crippen molar-refractivity contribution in [3.63, 3.8) is 0 Å². The van der Waals surface area contributed by atoms with Crippen LogP contribution in [0.4, 0.5) is 0 Å². The zero-order valence-corrected chi connectivity index (χ0v) is 12.2. The van der Waals surface area contributed by atoms with Crippen LogP contribution in [0.15, 0.2) is 0 Å². The third-order valence-corrected chi connectivity index (χ3v) is 3.58. The predicted molar refractivity (Wildman–Crippen MR) is 75.2 cm³/mol. The van der Waals surface area contributed by atoms with Gasteiger partial charge in [-0.25, -0.2) is 0 Å². The molecule has 1 unspecified atom stereocenters. The minimum atomic E-state index is -0.849. The van der Waals surface area contributed by atoms with Crippen LogP contribution in [0.25, 0.3) is 0 Å². The van der Waals surface area contributed by atoms with Crippen molar-refractivity contribution in [1.29, 1.82) is 0 Å². The van der Waals surface area contributed by atoms with Crippen LogP contribution in [0.1, 0.15) is 71.6 Å². The fraction of sp³-hybridized carbons (Fsp3) is 0.867. The Kier molecular flexibility index (Phi) is 10.2. The number of unbranched alkanes of at least 4 members (excludes halogenated alkanes) is 4. The van der Waals surface area contributed by atoms with Crippen molar-refractivity contribution in [2.24, 2.45) is 11.8 Å². The molecule has 4 heteroatoms. The van der Waals surface area contributed by atoms with Gasteiger partial charge in [-0.3, -0.25) is 9.59 Å². The zero-order chi connectivity index (χ0) is 14.7. The van der Waals surface area contributed by atoms with Gasteiger partial charge in [0.1, 0.15) is 0 Å². The second-order valence-electron chi connectivity index (χ2n) is 5.30. The van der Waals surface area contributed by atoms with E-state index in [1.807, 2.05) is 0 Å². The largest absolute Gasteiger partial charge is 0.481 e. The summed E-state index contributed by atoms with van der Waals surface area (Å²) in [6, 6.07) is 0. The highest BCUT2D eigenvalue weighted by Crippen LogP contribution is 2.23. The molecular weight excluding hydrogens is 244 g/mol. The summed E-state index contributed by atoms with van der Waals surface area (Å²) in [6.45, 7) is 4.14. The highest BCUT2D eigenvalue weighted by molar-refractivity contribution is 5.73. The third-order valence-electron chi connectivity index (χ3n) is 3.58. The Bertz CT molecular complexity index is 237. The Morgan fingerprint density at radius 2 is 1.16 bits per heavy atom. The molecule has 0 aliphatic rings. The molecule has 0 aliphatic heterocycles. The summed E-state index contributed by atoms with van der Waals surface area (Å²) in [5.41, 5.74) is 0. The fourth-order valence-corrected chi connectivity index (χ4v) is 2.31. The summed E-state index contributed by atoms with van der Waals surface area (Å²) in [6.07, 6.45) is 7.33. The van der Waals surface area contributed by atoms with Crippen molar-refractivity contribution < 1.29 is 19.8 Å². The lowest BCUT2D eigenvalue weighted by atomic mass is 9.87. The van der Waals surface area contributed by atoms with Crippen molar-refractivity contribution in [3.8, 4) is 0 Å². The van der Waals surface area contributed by atoms with Crippen molar-refractivity contribution in [2.75, 3.05) is 0 Å². The first-order chi connectivity index (χ1) is 9.02. The summed E-state index contributed by atoms with van der Waals surface area (Å²) in [4.78, 5) is 22.4. The van der Waals surface area contributed by atoms with Gasteiger partial charge in [0.05, 0.1) is 11.8 Å². The minimum Gasteiger partial charge on any atom is -0.481 e. The van der Waals surface area contributed by atoms with E-state index >= 15 is 0 Å². The molecule has 0 aromatic heterocycles. The molecular formula is C15H28O4. The Morgan fingerprint density at radius 3 is 1.42 bits per heavy atom. The maximum atomic E-state index is 11.2. The first kappa shape index (κ1) is 17.9. The van der Waals surface area contributed by atoms with Gasteiger partial charge in [0.15, 0.2) is 0 Å². The topological polar surface area (TPSA) is 74.6 Å². The standard InChI is InChI=1S/C15H28O4/c1-3-5-7-9-12(14(16)17)11-13(15(18)19)10-8-6-4-2/h12-13H,3-11H2,1-2H3,(H,16,17)(H,18,19)/t12-,13?/m0/s1. The highest BCUT2D eigenvalue weighted by Gasteiger charge is 2.26. The van der Waals surface area contributed by atoms with E-state index in [0.717, 1.165) is 38.5 Å². The Labute approximate surface area is 116 Å². The highest BCUT2D eigenvalue weighted by atomic mass is 16.4. The van der Waals surface area contributed by atoms with Crippen LogP contribution in [0.5, 0.6) is 0 Å². The lowest BCUT2D eigenvalue weighted by Crippen LogP contribution is -2.23. The van der Waals surface area contributed by atoms with E-state index in [9.17, 15) is 19.8 Å².